The van der Waals surface area contributed by atoms with Gasteiger partial charge < -0.3 is 9.63 Å². The Balaban J connectivity index is 1.74. The number of nitrogens with zero attached hydrogens (tertiary/aromatic N) is 3. The van der Waals surface area contributed by atoms with Gasteiger partial charge in [0, 0.05) is 11.6 Å². The van der Waals surface area contributed by atoms with Gasteiger partial charge in [-0.25, -0.2) is 0 Å². The maximum absolute atomic E-state index is 10.2. The van der Waals surface area contributed by atoms with Crippen LogP contribution in [0.3, 0.4) is 0 Å². The molecule has 1 fully saturated rings. The number of likely N-dealkylation sites (tertiary alicyclic amines) is 1. The van der Waals surface area contributed by atoms with Gasteiger partial charge in [0.05, 0.1) is 12.6 Å². The lowest BCUT2D eigenvalue weighted by Crippen LogP contribution is -2.46. The molecule has 2 aromatic rings. The maximum atomic E-state index is 10.2. The monoisotopic (exact) mass is 315 g/mol. The van der Waals surface area contributed by atoms with Crippen molar-refractivity contribution >= 4 is 0 Å². The molecule has 1 aliphatic rings. The van der Waals surface area contributed by atoms with Crippen molar-refractivity contribution in [2.24, 2.45) is 0 Å². The number of rotatable bonds is 5. The van der Waals surface area contributed by atoms with Crippen LogP contribution in [0, 0.1) is 6.92 Å². The Morgan fingerprint density at radius 2 is 2.17 bits per heavy atom. The summed E-state index contributed by atoms with van der Waals surface area (Å²) in [5.41, 5.74) is 2.11. The van der Waals surface area contributed by atoms with E-state index in [2.05, 4.69) is 15.0 Å². The van der Waals surface area contributed by atoms with Crippen LogP contribution in [0.4, 0.5) is 0 Å². The molecule has 2 atom stereocenters. The van der Waals surface area contributed by atoms with E-state index in [-0.39, 0.29) is 12.1 Å². The SMILES string of the molecule is CCC(O)C1CCCCN1Cc1noc(-c2ccccc2C)n1. The molecule has 0 radical (unpaired) electrons. The van der Waals surface area contributed by atoms with Gasteiger partial charge in [0.2, 0.25) is 0 Å². The Bertz CT molecular complexity index is 641. The molecule has 0 amide bonds. The smallest absolute Gasteiger partial charge is 0.258 e. The second-order valence-electron chi connectivity index (χ2n) is 6.34. The van der Waals surface area contributed by atoms with Gasteiger partial charge in [-0.05, 0) is 44.4 Å². The van der Waals surface area contributed by atoms with Crippen LogP contribution < -0.4 is 0 Å². The quantitative estimate of drug-likeness (QED) is 0.918. The Morgan fingerprint density at radius 1 is 1.35 bits per heavy atom. The fourth-order valence-electron chi connectivity index (χ4n) is 3.34. The molecule has 0 saturated carbocycles. The predicted molar refractivity (Wildman–Crippen MR) is 88.8 cm³/mol. The van der Waals surface area contributed by atoms with Crippen molar-refractivity contribution < 1.29 is 9.63 Å². The van der Waals surface area contributed by atoms with Gasteiger partial charge in [-0.2, -0.15) is 4.98 Å². The van der Waals surface area contributed by atoms with Gasteiger partial charge in [0.25, 0.3) is 5.89 Å². The summed E-state index contributed by atoms with van der Waals surface area (Å²) in [6, 6.07) is 8.22. The molecular formula is C18H25N3O2. The summed E-state index contributed by atoms with van der Waals surface area (Å²) in [5.74, 6) is 1.26. The first kappa shape index (κ1) is 16.1. The summed E-state index contributed by atoms with van der Waals surface area (Å²) in [5, 5.41) is 14.4. The molecule has 5 heteroatoms. The number of hydrogen-bond acceptors (Lipinski definition) is 5. The van der Waals surface area contributed by atoms with Gasteiger partial charge in [-0.3, -0.25) is 4.90 Å². The van der Waals surface area contributed by atoms with Crippen molar-refractivity contribution in [3.05, 3.63) is 35.7 Å². The normalized spacial score (nSPS) is 20.6. The van der Waals surface area contributed by atoms with E-state index in [4.69, 9.17) is 4.52 Å². The van der Waals surface area contributed by atoms with Crippen LogP contribution in [0.2, 0.25) is 0 Å². The lowest BCUT2D eigenvalue weighted by atomic mass is 9.96. The molecule has 3 rings (SSSR count). The van der Waals surface area contributed by atoms with E-state index in [0.717, 1.165) is 36.9 Å². The van der Waals surface area contributed by atoms with E-state index >= 15 is 0 Å². The van der Waals surface area contributed by atoms with E-state index in [0.29, 0.717) is 18.3 Å². The van der Waals surface area contributed by atoms with Gasteiger partial charge in [0.15, 0.2) is 5.82 Å². The average molecular weight is 315 g/mol. The van der Waals surface area contributed by atoms with Crippen LogP contribution >= 0.6 is 0 Å². The number of aliphatic hydroxyl groups is 1. The number of piperidine rings is 1. The number of aliphatic hydroxyl groups excluding tert-OH is 1. The first-order valence-electron chi connectivity index (χ1n) is 8.49. The molecule has 1 aliphatic heterocycles. The largest absolute Gasteiger partial charge is 0.392 e. The van der Waals surface area contributed by atoms with E-state index in [1.54, 1.807) is 0 Å². The van der Waals surface area contributed by atoms with Crippen LogP contribution in [0.1, 0.15) is 44.0 Å². The molecule has 2 heterocycles. The molecule has 0 spiro atoms. The minimum absolute atomic E-state index is 0.203. The average Bonchev–Trinajstić information content (AvgIpc) is 3.03. The van der Waals surface area contributed by atoms with Gasteiger partial charge in [-0.1, -0.05) is 36.7 Å². The fraction of sp³-hybridized carbons (Fsp3) is 0.556. The number of aryl methyl sites for hydroxylation is 1. The fourth-order valence-corrected chi connectivity index (χ4v) is 3.34. The van der Waals surface area contributed by atoms with Crippen LogP contribution in [0.5, 0.6) is 0 Å². The topological polar surface area (TPSA) is 62.4 Å². The Labute approximate surface area is 137 Å². The summed E-state index contributed by atoms with van der Waals surface area (Å²) in [6.07, 6.45) is 3.88. The molecule has 0 aliphatic carbocycles. The Hall–Kier alpha value is -1.72. The van der Waals surface area contributed by atoms with Gasteiger partial charge >= 0.3 is 0 Å². The molecule has 5 nitrogen and oxygen atoms in total. The first-order valence-corrected chi connectivity index (χ1v) is 8.49. The summed E-state index contributed by atoms with van der Waals surface area (Å²) < 4.78 is 5.44. The molecule has 23 heavy (non-hydrogen) atoms. The van der Waals surface area contributed by atoms with Crippen molar-refractivity contribution in [1.82, 2.24) is 15.0 Å². The third-order valence-electron chi connectivity index (χ3n) is 4.71. The van der Waals surface area contributed by atoms with Crippen molar-refractivity contribution in [1.29, 1.82) is 0 Å². The molecule has 1 saturated heterocycles. The molecule has 1 N–H and O–H groups in total. The second-order valence-corrected chi connectivity index (χ2v) is 6.34. The highest BCUT2D eigenvalue weighted by atomic mass is 16.5. The van der Waals surface area contributed by atoms with Crippen molar-refractivity contribution in [3.8, 4) is 11.5 Å². The lowest BCUT2D eigenvalue weighted by molar-refractivity contribution is 0.0179. The molecule has 2 unspecified atom stereocenters. The van der Waals surface area contributed by atoms with Crippen LogP contribution in [-0.4, -0.2) is 38.8 Å². The third-order valence-corrected chi connectivity index (χ3v) is 4.71. The summed E-state index contributed by atoms with van der Waals surface area (Å²) in [4.78, 5) is 6.85. The highest BCUT2D eigenvalue weighted by Crippen LogP contribution is 2.25. The minimum Gasteiger partial charge on any atom is -0.392 e. The van der Waals surface area contributed by atoms with E-state index in [1.807, 2.05) is 38.1 Å². The van der Waals surface area contributed by atoms with E-state index in [9.17, 15) is 5.11 Å². The first-order chi connectivity index (χ1) is 11.2. The van der Waals surface area contributed by atoms with Crippen LogP contribution in [-0.2, 0) is 6.54 Å². The molecular weight excluding hydrogens is 290 g/mol. The maximum Gasteiger partial charge on any atom is 0.258 e. The molecule has 1 aromatic heterocycles. The highest BCUT2D eigenvalue weighted by molar-refractivity contribution is 5.57. The van der Waals surface area contributed by atoms with Crippen LogP contribution in [0.15, 0.2) is 28.8 Å². The van der Waals surface area contributed by atoms with Gasteiger partial charge in [-0.15, -0.1) is 0 Å². The summed E-state index contributed by atoms with van der Waals surface area (Å²) >= 11 is 0. The third kappa shape index (κ3) is 3.62. The zero-order chi connectivity index (χ0) is 16.2. The lowest BCUT2D eigenvalue weighted by Gasteiger charge is -2.37. The van der Waals surface area contributed by atoms with E-state index in [1.165, 1.54) is 6.42 Å². The van der Waals surface area contributed by atoms with Crippen molar-refractivity contribution in [2.45, 2.75) is 58.2 Å². The van der Waals surface area contributed by atoms with Crippen LogP contribution in [0.25, 0.3) is 11.5 Å². The molecule has 0 bridgehead atoms. The summed E-state index contributed by atoms with van der Waals surface area (Å²) in [6.45, 7) is 5.69. The molecule has 124 valence electrons. The highest BCUT2D eigenvalue weighted by Gasteiger charge is 2.28. The Morgan fingerprint density at radius 3 is 2.96 bits per heavy atom. The van der Waals surface area contributed by atoms with Gasteiger partial charge in [0.1, 0.15) is 0 Å². The predicted octanol–water partition coefficient (Wildman–Crippen LogP) is 3.17. The standard InChI is InChI=1S/C18H25N3O2/c1-3-16(22)15-10-6-7-11-21(15)12-17-19-18(23-20-17)14-9-5-4-8-13(14)2/h4-5,8-9,15-16,22H,3,6-7,10-12H2,1-2H3. The molecule has 1 aromatic carbocycles. The van der Waals surface area contributed by atoms with Crippen molar-refractivity contribution in [2.75, 3.05) is 6.54 Å². The zero-order valence-electron chi connectivity index (χ0n) is 13.9. The summed E-state index contributed by atoms with van der Waals surface area (Å²) in [7, 11) is 0. The number of hydrogen-bond donors (Lipinski definition) is 1. The number of benzene rings is 1. The second kappa shape index (κ2) is 7.23. The van der Waals surface area contributed by atoms with Crippen molar-refractivity contribution in [3.63, 3.8) is 0 Å². The Kier molecular flexibility index (Phi) is 5.08. The number of aromatic nitrogens is 2. The zero-order valence-corrected chi connectivity index (χ0v) is 13.9. The van der Waals surface area contributed by atoms with E-state index < -0.39 is 0 Å². The minimum atomic E-state index is -0.280.